The Hall–Kier alpha value is -0.810. The maximum Gasteiger partial charge on any atom is 0.410 e. The first-order valence-electron chi connectivity index (χ1n) is 7.79. The maximum atomic E-state index is 12.0. The zero-order valence-corrected chi connectivity index (χ0v) is 13.1. The molecule has 20 heavy (non-hydrogen) atoms. The van der Waals surface area contributed by atoms with Crippen LogP contribution in [0.2, 0.25) is 0 Å². The van der Waals surface area contributed by atoms with Crippen LogP contribution >= 0.6 is 0 Å². The van der Waals surface area contributed by atoms with Gasteiger partial charge in [-0.05, 0) is 52.5 Å². The van der Waals surface area contributed by atoms with Crippen LogP contribution in [0.1, 0.15) is 40.0 Å². The van der Waals surface area contributed by atoms with E-state index in [0.29, 0.717) is 12.0 Å². The lowest BCUT2D eigenvalue weighted by atomic mass is 9.96. The lowest BCUT2D eigenvalue weighted by Gasteiger charge is -2.34. The standard InChI is InChI=1S/C15H29N3O2/c1-15(2,3)20-14(19)18-8-4-12(5-9-18)10-17-7-6-13(16)11-17/h12-13H,4-11,16H2,1-3H3/t13-/m0/s1. The van der Waals surface area contributed by atoms with Crippen LogP contribution in [0.4, 0.5) is 4.79 Å². The Morgan fingerprint density at radius 3 is 2.35 bits per heavy atom. The van der Waals surface area contributed by atoms with Gasteiger partial charge in [0.05, 0.1) is 0 Å². The summed E-state index contributed by atoms with van der Waals surface area (Å²) in [6.45, 7) is 10.7. The lowest BCUT2D eigenvalue weighted by Crippen LogP contribution is -2.43. The van der Waals surface area contributed by atoms with Crippen LogP contribution in [0, 0.1) is 5.92 Å². The summed E-state index contributed by atoms with van der Waals surface area (Å²) in [6, 6.07) is 0.358. The highest BCUT2D eigenvalue weighted by Crippen LogP contribution is 2.22. The van der Waals surface area contributed by atoms with Crippen LogP contribution in [0.3, 0.4) is 0 Å². The van der Waals surface area contributed by atoms with E-state index in [0.717, 1.165) is 52.0 Å². The first-order valence-corrected chi connectivity index (χ1v) is 7.79. The van der Waals surface area contributed by atoms with Gasteiger partial charge >= 0.3 is 6.09 Å². The lowest BCUT2D eigenvalue weighted by molar-refractivity contribution is 0.0172. The minimum Gasteiger partial charge on any atom is -0.444 e. The van der Waals surface area contributed by atoms with Crippen molar-refractivity contribution in [3.05, 3.63) is 0 Å². The molecule has 2 N–H and O–H groups in total. The van der Waals surface area contributed by atoms with Gasteiger partial charge in [0.1, 0.15) is 5.60 Å². The normalized spacial score (nSPS) is 26.0. The first-order chi connectivity index (χ1) is 9.33. The Labute approximate surface area is 122 Å². The maximum absolute atomic E-state index is 12.0. The summed E-state index contributed by atoms with van der Waals surface area (Å²) in [6.07, 6.45) is 3.10. The topological polar surface area (TPSA) is 58.8 Å². The SMILES string of the molecule is CC(C)(C)OC(=O)N1CCC(CN2CC[C@H](N)C2)CC1. The Bertz CT molecular complexity index is 333. The predicted molar refractivity (Wildman–Crippen MR) is 79.6 cm³/mol. The fraction of sp³-hybridized carbons (Fsp3) is 0.933. The number of likely N-dealkylation sites (tertiary alicyclic amines) is 2. The number of ether oxygens (including phenoxy) is 1. The van der Waals surface area contributed by atoms with Crippen LogP contribution in [-0.2, 0) is 4.74 Å². The molecule has 2 rings (SSSR count). The number of nitrogens with zero attached hydrogens (tertiary/aromatic N) is 2. The average Bonchev–Trinajstić information content (AvgIpc) is 2.73. The van der Waals surface area contributed by atoms with Crippen LogP contribution in [-0.4, -0.2) is 60.3 Å². The highest BCUT2D eigenvalue weighted by molar-refractivity contribution is 5.68. The van der Waals surface area contributed by atoms with E-state index in [1.54, 1.807) is 0 Å². The summed E-state index contributed by atoms with van der Waals surface area (Å²) < 4.78 is 5.42. The molecule has 0 bridgehead atoms. The molecular weight excluding hydrogens is 254 g/mol. The molecule has 0 radical (unpaired) electrons. The van der Waals surface area contributed by atoms with Gasteiger partial charge in [-0.3, -0.25) is 0 Å². The molecule has 2 aliphatic rings. The zero-order valence-electron chi connectivity index (χ0n) is 13.1. The molecule has 2 fully saturated rings. The number of rotatable bonds is 2. The van der Waals surface area contributed by atoms with Crippen molar-refractivity contribution in [2.75, 3.05) is 32.7 Å². The molecule has 0 aliphatic carbocycles. The quantitative estimate of drug-likeness (QED) is 0.837. The molecule has 2 aliphatic heterocycles. The Balaban J connectivity index is 1.71. The Morgan fingerprint density at radius 1 is 1.20 bits per heavy atom. The predicted octanol–water partition coefficient (Wildman–Crippen LogP) is 1.67. The van der Waals surface area contributed by atoms with E-state index in [1.165, 1.54) is 0 Å². The molecule has 0 saturated carbocycles. The van der Waals surface area contributed by atoms with E-state index >= 15 is 0 Å². The molecule has 0 unspecified atom stereocenters. The number of carbonyl (C=O) groups is 1. The van der Waals surface area contributed by atoms with Gasteiger partial charge in [-0.25, -0.2) is 4.79 Å². The summed E-state index contributed by atoms with van der Waals surface area (Å²) in [7, 11) is 0. The van der Waals surface area contributed by atoms with Crippen molar-refractivity contribution in [1.82, 2.24) is 9.80 Å². The summed E-state index contributed by atoms with van der Waals surface area (Å²) in [5, 5.41) is 0. The van der Waals surface area contributed by atoms with Crippen LogP contribution < -0.4 is 5.73 Å². The fourth-order valence-corrected chi connectivity index (χ4v) is 3.02. The molecule has 2 heterocycles. The molecule has 5 heteroatoms. The highest BCUT2D eigenvalue weighted by Gasteiger charge is 2.29. The number of hydrogen-bond acceptors (Lipinski definition) is 4. The molecule has 5 nitrogen and oxygen atoms in total. The van der Waals surface area contributed by atoms with E-state index in [4.69, 9.17) is 10.5 Å². The number of hydrogen-bond donors (Lipinski definition) is 1. The second-order valence-corrected chi connectivity index (χ2v) is 7.22. The molecule has 0 spiro atoms. The minimum atomic E-state index is -0.403. The van der Waals surface area contributed by atoms with Crippen molar-refractivity contribution < 1.29 is 9.53 Å². The summed E-state index contributed by atoms with van der Waals surface area (Å²) >= 11 is 0. The smallest absolute Gasteiger partial charge is 0.410 e. The largest absolute Gasteiger partial charge is 0.444 e. The molecule has 2 saturated heterocycles. The van der Waals surface area contributed by atoms with Crippen LogP contribution in [0.25, 0.3) is 0 Å². The van der Waals surface area contributed by atoms with Gasteiger partial charge < -0.3 is 20.3 Å². The van der Waals surface area contributed by atoms with E-state index < -0.39 is 5.60 Å². The molecule has 1 amide bonds. The summed E-state index contributed by atoms with van der Waals surface area (Å²) in [5.74, 6) is 0.694. The van der Waals surface area contributed by atoms with Gasteiger partial charge in [0, 0.05) is 32.2 Å². The second kappa shape index (κ2) is 6.31. The third-order valence-electron chi connectivity index (χ3n) is 4.09. The Morgan fingerprint density at radius 2 is 1.85 bits per heavy atom. The van der Waals surface area contributed by atoms with E-state index in [9.17, 15) is 4.79 Å². The van der Waals surface area contributed by atoms with Crippen molar-refractivity contribution >= 4 is 6.09 Å². The van der Waals surface area contributed by atoms with Crippen LogP contribution in [0.5, 0.6) is 0 Å². The van der Waals surface area contributed by atoms with Crippen LogP contribution in [0.15, 0.2) is 0 Å². The highest BCUT2D eigenvalue weighted by atomic mass is 16.6. The number of piperidine rings is 1. The molecule has 1 atom stereocenters. The van der Waals surface area contributed by atoms with Gasteiger partial charge in [0.15, 0.2) is 0 Å². The minimum absolute atomic E-state index is 0.167. The Kier molecular flexibility index (Phi) is 4.91. The van der Waals surface area contributed by atoms with Gasteiger partial charge in [0.25, 0.3) is 0 Å². The molecule has 0 aromatic heterocycles. The third kappa shape index (κ3) is 4.63. The van der Waals surface area contributed by atoms with E-state index in [-0.39, 0.29) is 6.09 Å². The summed E-state index contributed by atoms with van der Waals surface area (Å²) in [5.41, 5.74) is 5.54. The van der Waals surface area contributed by atoms with E-state index in [2.05, 4.69) is 4.90 Å². The first kappa shape index (κ1) is 15.6. The summed E-state index contributed by atoms with van der Waals surface area (Å²) in [4.78, 5) is 16.3. The van der Waals surface area contributed by atoms with Gasteiger partial charge in [-0.15, -0.1) is 0 Å². The van der Waals surface area contributed by atoms with Crippen molar-refractivity contribution in [3.8, 4) is 0 Å². The average molecular weight is 283 g/mol. The monoisotopic (exact) mass is 283 g/mol. The second-order valence-electron chi connectivity index (χ2n) is 7.22. The van der Waals surface area contributed by atoms with Gasteiger partial charge in [-0.2, -0.15) is 0 Å². The number of nitrogens with two attached hydrogens (primary N) is 1. The number of carbonyl (C=O) groups excluding carboxylic acids is 1. The zero-order chi connectivity index (χ0) is 14.8. The molecular formula is C15H29N3O2. The van der Waals surface area contributed by atoms with Gasteiger partial charge in [-0.1, -0.05) is 0 Å². The van der Waals surface area contributed by atoms with Crippen molar-refractivity contribution in [1.29, 1.82) is 0 Å². The van der Waals surface area contributed by atoms with Crippen molar-refractivity contribution in [2.24, 2.45) is 11.7 Å². The fourth-order valence-electron chi connectivity index (χ4n) is 3.02. The third-order valence-corrected chi connectivity index (χ3v) is 4.09. The van der Waals surface area contributed by atoms with Crippen molar-refractivity contribution in [2.45, 2.75) is 51.7 Å². The number of amides is 1. The van der Waals surface area contributed by atoms with Crippen molar-refractivity contribution in [3.63, 3.8) is 0 Å². The molecule has 116 valence electrons. The molecule has 0 aromatic carbocycles. The van der Waals surface area contributed by atoms with E-state index in [1.807, 2.05) is 25.7 Å². The molecule has 0 aromatic rings. The van der Waals surface area contributed by atoms with Gasteiger partial charge in [0.2, 0.25) is 0 Å².